The molecule has 2 atom stereocenters. The minimum atomic E-state index is 0.255. The van der Waals surface area contributed by atoms with Crippen molar-refractivity contribution in [3.8, 4) is 0 Å². The molecule has 3 rings (SSSR count). The number of hydrogen-bond acceptors (Lipinski definition) is 3. The van der Waals surface area contributed by atoms with E-state index in [1.54, 1.807) is 6.92 Å². The topological polar surface area (TPSA) is 32.8 Å². The third-order valence-corrected chi connectivity index (χ3v) is 5.47. The Kier molecular flexibility index (Phi) is 4.61. The number of likely N-dealkylation sites (tertiary alicyclic amines) is 2. The summed E-state index contributed by atoms with van der Waals surface area (Å²) in [5, 5.41) is 0. The van der Waals surface area contributed by atoms with Crippen molar-refractivity contribution in [3.05, 3.63) is 0 Å². The maximum atomic E-state index is 11.6. The van der Waals surface area contributed by atoms with Crippen molar-refractivity contribution in [2.24, 2.45) is 5.92 Å². The maximum Gasteiger partial charge on any atom is 0.219 e. The predicted molar refractivity (Wildman–Crippen MR) is 78.5 cm³/mol. The minimum Gasteiger partial charge on any atom is -0.381 e. The molecule has 4 nitrogen and oxygen atoms in total. The molecule has 0 unspecified atom stereocenters. The van der Waals surface area contributed by atoms with Crippen LogP contribution in [0, 0.1) is 5.92 Å². The molecule has 3 aliphatic heterocycles. The molecule has 0 aromatic carbocycles. The third-order valence-electron chi connectivity index (χ3n) is 5.47. The summed E-state index contributed by atoms with van der Waals surface area (Å²) in [5.74, 6) is 0.948. The molecule has 3 fully saturated rings. The van der Waals surface area contributed by atoms with Gasteiger partial charge in [-0.1, -0.05) is 6.42 Å². The highest BCUT2D eigenvalue weighted by molar-refractivity contribution is 5.73. The van der Waals surface area contributed by atoms with E-state index < -0.39 is 0 Å². The fourth-order valence-corrected chi connectivity index (χ4v) is 4.36. The van der Waals surface area contributed by atoms with E-state index in [-0.39, 0.29) is 5.91 Å². The van der Waals surface area contributed by atoms with Crippen LogP contribution in [-0.4, -0.2) is 60.6 Å². The van der Waals surface area contributed by atoms with Crippen molar-refractivity contribution in [1.29, 1.82) is 0 Å². The van der Waals surface area contributed by atoms with Gasteiger partial charge in [-0.25, -0.2) is 0 Å². The highest BCUT2D eigenvalue weighted by Gasteiger charge is 2.38. The molecule has 3 heterocycles. The number of rotatable bonds is 1. The minimum absolute atomic E-state index is 0.255. The molecular weight excluding hydrogens is 252 g/mol. The van der Waals surface area contributed by atoms with E-state index in [4.69, 9.17) is 4.74 Å². The van der Waals surface area contributed by atoms with Crippen LogP contribution in [0.3, 0.4) is 0 Å². The number of hydrogen-bond donors (Lipinski definition) is 0. The quantitative estimate of drug-likeness (QED) is 0.735. The zero-order valence-corrected chi connectivity index (χ0v) is 12.7. The van der Waals surface area contributed by atoms with Gasteiger partial charge in [0.25, 0.3) is 0 Å². The van der Waals surface area contributed by atoms with Crippen LogP contribution in [0.4, 0.5) is 0 Å². The fraction of sp³-hybridized carbons (Fsp3) is 0.938. The Morgan fingerprint density at radius 3 is 2.60 bits per heavy atom. The van der Waals surface area contributed by atoms with E-state index in [2.05, 4.69) is 9.80 Å². The average Bonchev–Trinajstić information content (AvgIpc) is 2.69. The standard InChI is InChI=1S/C16H28N2O2/c1-13(19)17-9-5-16-14(12-17)4-2-3-8-18(16)15-6-10-20-11-7-15/h14-16H,2-12H2,1H3/t14-,16-/m1/s1. The number of piperidine rings is 1. The molecule has 20 heavy (non-hydrogen) atoms. The van der Waals surface area contributed by atoms with E-state index in [1.807, 2.05) is 0 Å². The van der Waals surface area contributed by atoms with Crippen molar-refractivity contribution in [3.63, 3.8) is 0 Å². The molecule has 0 spiro atoms. The Morgan fingerprint density at radius 2 is 1.85 bits per heavy atom. The molecule has 0 aliphatic carbocycles. The molecule has 0 N–H and O–H groups in total. The Bertz CT molecular complexity index is 341. The van der Waals surface area contributed by atoms with Crippen molar-refractivity contribution >= 4 is 5.91 Å². The van der Waals surface area contributed by atoms with Gasteiger partial charge in [0, 0.05) is 45.3 Å². The van der Waals surface area contributed by atoms with E-state index in [0.29, 0.717) is 12.0 Å². The summed E-state index contributed by atoms with van der Waals surface area (Å²) in [6, 6.07) is 1.43. The maximum absolute atomic E-state index is 11.6. The Balaban J connectivity index is 1.70. The molecule has 4 heteroatoms. The highest BCUT2D eigenvalue weighted by atomic mass is 16.5. The largest absolute Gasteiger partial charge is 0.381 e. The number of fused-ring (bicyclic) bond motifs is 1. The fourth-order valence-electron chi connectivity index (χ4n) is 4.36. The van der Waals surface area contributed by atoms with Gasteiger partial charge in [0.15, 0.2) is 0 Å². The second kappa shape index (κ2) is 6.44. The molecule has 0 radical (unpaired) electrons. The van der Waals surface area contributed by atoms with Gasteiger partial charge < -0.3 is 9.64 Å². The van der Waals surface area contributed by atoms with Gasteiger partial charge >= 0.3 is 0 Å². The van der Waals surface area contributed by atoms with Crippen molar-refractivity contribution < 1.29 is 9.53 Å². The van der Waals surface area contributed by atoms with E-state index >= 15 is 0 Å². The molecule has 114 valence electrons. The van der Waals surface area contributed by atoms with Gasteiger partial charge in [-0.3, -0.25) is 9.69 Å². The second-order valence-corrected chi connectivity index (χ2v) is 6.66. The number of carbonyl (C=O) groups is 1. The molecular formula is C16H28N2O2. The lowest BCUT2D eigenvalue weighted by atomic mass is 9.87. The molecule has 0 aromatic heterocycles. The predicted octanol–water partition coefficient (Wildman–Crippen LogP) is 1.89. The van der Waals surface area contributed by atoms with E-state index in [1.165, 1.54) is 45.1 Å². The van der Waals surface area contributed by atoms with Crippen molar-refractivity contribution in [1.82, 2.24) is 9.80 Å². The summed E-state index contributed by atoms with van der Waals surface area (Å²) in [7, 11) is 0. The smallest absolute Gasteiger partial charge is 0.219 e. The highest BCUT2D eigenvalue weighted by Crippen LogP contribution is 2.33. The first-order valence-corrected chi connectivity index (χ1v) is 8.34. The summed E-state index contributed by atoms with van der Waals surface area (Å²) >= 11 is 0. The van der Waals surface area contributed by atoms with Crippen LogP contribution in [0.5, 0.6) is 0 Å². The number of carbonyl (C=O) groups excluding carboxylic acids is 1. The van der Waals surface area contributed by atoms with Crippen molar-refractivity contribution in [2.75, 3.05) is 32.8 Å². The Hall–Kier alpha value is -0.610. The van der Waals surface area contributed by atoms with Gasteiger partial charge in [-0.05, 0) is 44.6 Å². The molecule has 0 aromatic rings. The summed E-state index contributed by atoms with van der Waals surface area (Å²) < 4.78 is 5.53. The van der Waals surface area contributed by atoms with Gasteiger partial charge in [0.1, 0.15) is 0 Å². The van der Waals surface area contributed by atoms with Crippen LogP contribution >= 0.6 is 0 Å². The lowest BCUT2D eigenvalue weighted by Crippen LogP contribution is -2.55. The zero-order valence-electron chi connectivity index (χ0n) is 12.7. The monoisotopic (exact) mass is 280 g/mol. The summed E-state index contributed by atoms with van der Waals surface area (Å²) in [4.78, 5) is 16.5. The first-order chi connectivity index (χ1) is 9.75. The van der Waals surface area contributed by atoms with Crippen LogP contribution in [0.2, 0.25) is 0 Å². The summed E-state index contributed by atoms with van der Waals surface area (Å²) in [6.45, 7) is 6.77. The first-order valence-electron chi connectivity index (χ1n) is 8.34. The molecule has 0 saturated carbocycles. The van der Waals surface area contributed by atoms with Crippen LogP contribution in [0.15, 0.2) is 0 Å². The van der Waals surface area contributed by atoms with E-state index in [9.17, 15) is 4.79 Å². The van der Waals surface area contributed by atoms with Crippen LogP contribution in [-0.2, 0) is 9.53 Å². The first kappa shape index (κ1) is 14.3. The lowest BCUT2D eigenvalue weighted by molar-refractivity contribution is -0.132. The number of ether oxygens (including phenoxy) is 1. The average molecular weight is 280 g/mol. The molecule has 0 bridgehead atoms. The van der Waals surface area contributed by atoms with Gasteiger partial charge in [0.05, 0.1) is 0 Å². The second-order valence-electron chi connectivity index (χ2n) is 6.66. The Morgan fingerprint density at radius 1 is 1.05 bits per heavy atom. The molecule has 1 amide bonds. The molecule has 3 aliphatic rings. The normalized spacial score (nSPS) is 33.5. The SMILES string of the molecule is CC(=O)N1CC[C@@H]2[C@H](CCCCN2C2CCOCC2)C1. The van der Waals surface area contributed by atoms with Crippen LogP contribution < -0.4 is 0 Å². The third kappa shape index (κ3) is 3.01. The van der Waals surface area contributed by atoms with Gasteiger partial charge in [0.2, 0.25) is 5.91 Å². The van der Waals surface area contributed by atoms with Gasteiger partial charge in [-0.15, -0.1) is 0 Å². The van der Waals surface area contributed by atoms with Crippen LogP contribution in [0.25, 0.3) is 0 Å². The Labute approximate surface area is 122 Å². The molecule has 3 saturated heterocycles. The summed E-state index contributed by atoms with van der Waals surface area (Å²) in [6.07, 6.45) is 7.51. The van der Waals surface area contributed by atoms with E-state index in [0.717, 1.165) is 32.3 Å². The summed E-state index contributed by atoms with van der Waals surface area (Å²) in [5.41, 5.74) is 0. The number of nitrogens with zero attached hydrogens (tertiary/aromatic N) is 2. The number of amides is 1. The van der Waals surface area contributed by atoms with Crippen LogP contribution in [0.1, 0.15) is 45.4 Å². The van der Waals surface area contributed by atoms with Crippen molar-refractivity contribution in [2.45, 2.75) is 57.5 Å². The lowest BCUT2D eigenvalue weighted by Gasteiger charge is -2.46. The van der Waals surface area contributed by atoms with Gasteiger partial charge in [-0.2, -0.15) is 0 Å². The zero-order chi connectivity index (χ0) is 13.9.